The number of amides is 2. The van der Waals surface area contributed by atoms with E-state index in [1.165, 1.54) is 5.56 Å². The lowest BCUT2D eigenvalue weighted by atomic mass is 10.1. The van der Waals surface area contributed by atoms with E-state index in [1.54, 1.807) is 0 Å². The standard InChI is InChI=1S/C23H29N3O2/c1-2-25(21-11-7-4-8-12-21)16-14-24-23(28)20-17-22(27)26(18-20)15-13-19-9-5-3-6-10-19/h3-12,20H,2,13-18H2,1H3,(H,24,28)/t20-/m1/s1. The van der Waals surface area contributed by atoms with Gasteiger partial charge in [0.15, 0.2) is 0 Å². The fourth-order valence-corrected chi connectivity index (χ4v) is 3.64. The monoisotopic (exact) mass is 379 g/mol. The van der Waals surface area contributed by atoms with Gasteiger partial charge in [0.1, 0.15) is 0 Å². The first-order chi connectivity index (χ1) is 13.7. The summed E-state index contributed by atoms with van der Waals surface area (Å²) in [6.07, 6.45) is 1.14. The first-order valence-corrected chi connectivity index (χ1v) is 10.1. The maximum atomic E-state index is 12.5. The fourth-order valence-electron chi connectivity index (χ4n) is 3.64. The highest BCUT2D eigenvalue weighted by molar-refractivity contribution is 5.89. The minimum absolute atomic E-state index is 0.0142. The fraction of sp³-hybridized carbons (Fsp3) is 0.391. The van der Waals surface area contributed by atoms with Gasteiger partial charge in [-0.15, -0.1) is 0 Å². The van der Waals surface area contributed by atoms with Crippen LogP contribution < -0.4 is 10.2 Å². The molecular formula is C23H29N3O2. The quantitative estimate of drug-likeness (QED) is 0.729. The number of rotatable bonds is 9. The van der Waals surface area contributed by atoms with Crippen LogP contribution >= 0.6 is 0 Å². The molecule has 1 atom stereocenters. The van der Waals surface area contributed by atoms with Crippen molar-refractivity contribution in [2.24, 2.45) is 5.92 Å². The van der Waals surface area contributed by atoms with Gasteiger partial charge in [0.05, 0.1) is 5.92 Å². The van der Waals surface area contributed by atoms with Gasteiger partial charge in [0, 0.05) is 44.8 Å². The van der Waals surface area contributed by atoms with Gasteiger partial charge in [-0.2, -0.15) is 0 Å². The van der Waals surface area contributed by atoms with Crippen LogP contribution in [0.5, 0.6) is 0 Å². The van der Waals surface area contributed by atoms with Crippen molar-refractivity contribution in [3.8, 4) is 0 Å². The molecule has 0 radical (unpaired) electrons. The third-order valence-electron chi connectivity index (χ3n) is 5.28. The molecule has 0 aromatic heterocycles. The zero-order valence-electron chi connectivity index (χ0n) is 16.5. The lowest BCUT2D eigenvalue weighted by Gasteiger charge is -2.23. The van der Waals surface area contributed by atoms with Crippen molar-refractivity contribution in [2.75, 3.05) is 37.6 Å². The number of para-hydroxylation sites is 1. The normalized spacial score (nSPS) is 16.2. The van der Waals surface area contributed by atoms with Crippen molar-refractivity contribution in [2.45, 2.75) is 19.8 Å². The van der Waals surface area contributed by atoms with Gasteiger partial charge < -0.3 is 15.1 Å². The summed E-state index contributed by atoms with van der Waals surface area (Å²) in [5, 5.41) is 3.01. The second-order valence-corrected chi connectivity index (χ2v) is 7.18. The van der Waals surface area contributed by atoms with E-state index in [-0.39, 0.29) is 17.7 Å². The highest BCUT2D eigenvalue weighted by Gasteiger charge is 2.33. The second kappa shape index (κ2) is 9.93. The van der Waals surface area contributed by atoms with Crippen LogP contribution in [0, 0.1) is 5.92 Å². The van der Waals surface area contributed by atoms with Gasteiger partial charge >= 0.3 is 0 Å². The van der Waals surface area contributed by atoms with Crippen molar-refractivity contribution in [3.05, 3.63) is 66.2 Å². The molecule has 0 aliphatic carbocycles. The maximum Gasteiger partial charge on any atom is 0.225 e. The predicted octanol–water partition coefficient (Wildman–Crippen LogP) is 2.72. The largest absolute Gasteiger partial charge is 0.370 e. The van der Waals surface area contributed by atoms with Crippen molar-refractivity contribution < 1.29 is 9.59 Å². The average Bonchev–Trinajstić information content (AvgIpc) is 3.11. The Balaban J connectivity index is 1.43. The van der Waals surface area contributed by atoms with Crippen LogP contribution in [0.3, 0.4) is 0 Å². The van der Waals surface area contributed by atoms with Gasteiger partial charge in [-0.05, 0) is 31.0 Å². The van der Waals surface area contributed by atoms with E-state index < -0.39 is 0 Å². The maximum absolute atomic E-state index is 12.5. The summed E-state index contributed by atoms with van der Waals surface area (Å²) in [7, 11) is 0. The summed E-state index contributed by atoms with van der Waals surface area (Å²) in [6, 6.07) is 20.3. The van der Waals surface area contributed by atoms with E-state index in [2.05, 4.69) is 41.4 Å². The van der Waals surface area contributed by atoms with Crippen LogP contribution in [0.1, 0.15) is 18.9 Å². The molecule has 1 saturated heterocycles. The Kier molecular flexibility index (Phi) is 7.06. The van der Waals surface area contributed by atoms with E-state index in [0.29, 0.717) is 26.1 Å². The number of nitrogens with zero attached hydrogens (tertiary/aromatic N) is 2. The van der Waals surface area contributed by atoms with Crippen LogP contribution in [0.25, 0.3) is 0 Å². The van der Waals surface area contributed by atoms with Crippen LogP contribution in [0.4, 0.5) is 5.69 Å². The number of likely N-dealkylation sites (tertiary alicyclic amines) is 1. The smallest absolute Gasteiger partial charge is 0.225 e. The molecule has 1 heterocycles. The van der Waals surface area contributed by atoms with Crippen LogP contribution in [0.2, 0.25) is 0 Å². The zero-order chi connectivity index (χ0) is 19.8. The molecule has 5 nitrogen and oxygen atoms in total. The number of nitrogens with one attached hydrogen (secondary N) is 1. The van der Waals surface area contributed by atoms with Gasteiger partial charge in [-0.3, -0.25) is 9.59 Å². The Hall–Kier alpha value is -2.82. The molecule has 0 unspecified atom stereocenters. The van der Waals surface area contributed by atoms with Crippen molar-refractivity contribution in [1.82, 2.24) is 10.2 Å². The topological polar surface area (TPSA) is 52.7 Å². The molecule has 1 fully saturated rings. The number of carbonyl (C=O) groups excluding carboxylic acids is 2. The molecule has 5 heteroatoms. The van der Waals surface area contributed by atoms with E-state index in [9.17, 15) is 9.59 Å². The molecule has 2 aromatic carbocycles. The SMILES string of the molecule is CCN(CCNC(=O)[C@@H]1CC(=O)N(CCc2ccccc2)C1)c1ccccc1. The molecule has 0 saturated carbocycles. The van der Waals surface area contributed by atoms with Crippen molar-refractivity contribution >= 4 is 17.5 Å². The van der Waals surface area contributed by atoms with Gasteiger partial charge in [0.2, 0.25) is 11.8 Å². The highest BCUT2D eigenvalue weighted by Crippen LogP contribution is 2.18. The summed E-state index contributed by atoms with van der Waals surface area (Å²) >= 11 is 0. The molecule has 0 spiro atoms. The summed E-state index contributed by atoms with van der Waals surface area (Å²) in [5.74, 6) is -0.176. The molecule has 2 aromatic rings. The number of likely N-dealkylation sites (N-methyl/N-ethyl adjacent to an activating group) is 1. The van der Waals surface area contributed by atoms with Crippen molar-refractivity contribution in [3.63, 3.8) is 0 Å². The Labute approximate surface area is 167 Å². The zero-order valence-corrected chi connectivity index (χ0v) is 16.5. The minimum atomic E-state index is -0.241. The molecule has 28 heavy (non-hydrogen) atoms. The summed E-state index contributed by atoms with van der Waals surface area (Å²) in [4.78, 5) is 28.8. The van der Waals surface area contributed by atoms with Crippen LogP contribution in [-0.4, -0.2) is 49.4 Å². The van der Waals surface area contributed by atoms with Crippen molar-refractivity contribution in [1.29, 1.82) is 0 Å². The van der Waals surface area contributed by atoms with Gasteiger partial charge in [-0.1, -0.05) is 48.5 Å². The molecule has 148 valence electrons. The number of hydrogen-bond donors (Lipinski definition) is 1. The number of anilines is 1. The van der Waals surface area contributed by atoms with Crippen LogP contribution in [0.15, 0.2) is 60.7 Å². The first-order valence-electron chi connectivity index (χ1n) is 10.1. The minimum Gasteiger partial charge on any atom is -0.370 e. The molecule has 1 N–H and O–H groups in total. The van der Waals surface area contributed by atoms with E-state index in [1.807, 2.05) is 41.3 Å². The molecular weight excluding hydrogens is 350 g/mol. The highest BCUT2D eigenvalue weighted by atomic mass is 16.2. The lowest BCUT2D eigenvalue weighted by molar-refractivity contribution is -0.129. The Morgan fingerprint density at radius 2 is 1.79 bits per heavy atom. The van der Waals surface area contributed by atoms with Crippen LogP contribution in [-0.2, 0) is 16.0 Å². The second-order valence-electron chi connectivity index (χ2n) is 7.18. The average molecular weight is 380 g/mol. The van der Waals surface area contributed by atoms with E-state index in [0.717, 1.165) is 25.2 Å². The third-order valence-corrected chi connectivity index (χ3v) is 5.28. The first kappa shape index (κ1) is 19.9. The van der Waals surface area contributed by atoms with E-state index in [4.69, 9.17) is 0 Å². The van der Waals surface area contributed by atoms with Gasteiger partial charge in [-0.25, -0.2) is 0 Å². The summed E-state index contributed by atoms with van der Waals surface area (Å²) in [6.45, 7) is 5.52. The molecule has 1 aliphatic heterocycles. The number of hydrogen-bond acceptors (Lipinski definition) is 3. The number of benzene rings is 2. The predicted molar refractivity (Wildman–Crippen MR) is 112 cm³/mol. The van der Waals surface area contributed by atoms with Gasteiger partial charge in [0.25, 0.3) is 0 Å². The van der Waals surface area contributed by atoms with E-state index >= 15 is 0 Å². The third kappa shape index (κ3) is 5.35. The molecule has 0 bridgehead atoms. The Bertz CT molecular complexity index is 764. The Morgan fingerprint density at radius 3 is 2.46 bits per heavy atom. The molecule has 3 rings (SSSR count). The summed E-state index contributed by atoms with van der Waals surface area (Å²) in [5.41, 5.74) is 2.37. The molecule has 2 amide bonds. The Morgan fingerprint density at radius 1 is 1.11 bits per heavy atom. The lowest BCUT2D eigenvalue weighted by Crippen LogP contribution is -2.38. The molecule has 1 aliphatic rings. The number of carbonyl (C=O) groups is 2. The summed E-state index contributed by atoms with van der Waals surface area (Å²) < 4.78 is 0.